The molecule has 1 atom stereocenters. The molecule has 0 radical (unpaired) electrons. The highest BCUT2D eigenvalue weighted by atomic mass is 79.9. The van der Waals surface area contributed by atoms with E-state index in [0.717, 1.165) is 32.4 Å². The summed E-state index contributed by atoms with van der Waals surface area (Å²) in [6.07, 6.45) is 3.03. The van der Waals surface area contributed by atoms with Crippen LogP contribution in [-0.2, 0) is 4.79 Å². The molecular formula is C15H17BrN2O3. The molecule has 0 bridgehead atoms. The number of anilines is 1. The number of nitrogens with one attached hydrogen (secondary N) is 2. The van der Waals surface area contributed by atoms with Crippen LogP contribution in [-0.4, -0.2) is 30.1 Å². The maximum Gasteiger partial charge on any atom is 0.335 e. The molecule has 1 aromatic rings. The predicted octanol–water partition coefficient (Wildman–Crippen LogP) is 2.48. The first-order valence-corrected chi connectivity index (χ1v) is 7.86. The largest absolute Gasteiger partial charge is 0.478 e. The van der Waals surface area contributed by atoms with Crippen LogP contribution in [0, 0.1) is 11.3 Å². The van der Waals surface area contributed by atoms with Gasteiger partial charge in [-0.05, 0) is 71.9 Å². The van der Waals surface area contributed by atoms with Gasteiger partial charge in [0, 0.05) is 10.4 Å². The predicted molar refractivity (Wildman–Crippen MR) is 82.4 cm³/mol. The van der Waals surface area contributed by atoms with Crippen LogP contribution in [0.4, 0.5) is 5.69 Å². The fourth-order valence-corrected chi connectivity index (χ4v) is 3.52. The lowest BCUT2D eigenvalue weighted by Gasteiger charge is -2.23. The van der Waals surface area contributed by atoms with Gasteiger partial charge in [-0.2, -0.15) is 0 Å². The molecule has 21 heavy (non-hydrogen) atoms. The summed E-state index contributed by atoms with van der Waals surface area (Å²) in [5.41, 5.74) is 0.864. The standard InChI is InChI=1S/C15H17BrN2O3/c16-11-2-1-9(14(20)21)7-12(11)18-13(19)10-8-15(10)3-5-17-6-4-15/h1-2,7,10,17H,3-6,8H2,(H,18,19)(H,20,21). The average molecular weight is 353 g/mol. The lowest BCUT2D eigenvalue weighted by molar-refractivity contribution is -0.118. The van der Waals surface area contributed by atoms with Crippen LogP contribution < -0.4 is 10.6 Å². The zero-order valence-electron chi connectivity index (χ0n) is 11.5. The third-order valence-corrected chi connectivity index (χ3v) is 5.27. The van der Waals surface area contributed by atoms with Crippen molar-refractivity contribution < 1.29 is 14.7 Å². The number of carboxylic acids is 1. The first-order valence-electron chi connectivity index (χ1n) is 7.06. The van der Waals surface area contributed by atoms with Crippen LogP contribution in [0.15, 0.2) is 22.7 Å². The number of carbonyl (C=O) groups excluding carboxylic acids is 1. The maximum absolute atomic E-state index is 12.4. The molecule has 1 aliphatic carbocycles. The summed E-state index contributed by atoms with van der Waals surface area (Å²) in [5, 5.41) is 15.2. The molecule has 0 aromatic heterocycles. The summed E-state index contributed by atoms with van der Waals surface area (Å²) in [4.78, 5) is 23.4. The van der Waals surface area contributed by atoms with Crippen molar-refractivity contribution in [2.75, 3.05) is 18.4 Å². The van der Waals surface area contributed by atoms with Gasteiger partial charge in [0.25, 0.3) is 0 Å². The van der Waals surface area contributed by atoms with Crippen LogP contribution in [0.5, 0.6) is 0 Å². The Hall–Kier alpha value is -1.40. The number of carboxylic acid groups (broad SMARTS) is 1. The molecule has 1 spiro atoms. The summed E-state index contributed by atoms with van der Waals surface area (Å²) in [6.45, 7) is 1.95. The maximum atomic E-state index is 12.4. The molecule has 1 saturated heterocycles. The number of hydrogen-bond acceptors (Lipinski definition) is 3. The van der Waals surface area contributed by atoms with Crippen molar-refractivity contribution in [1.29, 1.82) is 0 Å². The molecular weight excluding hydrogens is 336 g/mol. The molecule has 1 aromatic carbocycles. The molecule has 2 aliphatic rings. The molecule has 112 valence electrons. The van der Waals surface area contributed by atoms with Gasteiger partial charge < -0.3 is 15.7 Å². The van der Waals surface area contributed by atoms with E-state index >= 15 is 0 Å². The Bertz CT molecular complexity index is 597. The molecule has 2 fully saturated rings. The number of carbonyl (C=O) groups is 2. The van der Waals surface area contributed by atoms with Gasteiger partial charge in [0.15, 0.2) is 0 Å². The lowest BCUT2D eigenvalue weighted by atomic mass is 9.92. The third-order valence-electron chi connectivity index (χ3n) is 4.58. The summed E-state index contributed by atoms with van der Waals surface area (Å²) >= 11 is 3.35. The number of piperidine rings is 1. The Labute approximate surface area is 131 Å². The van der Waals surface area contributed by atoms with Crippen LogP contribution >= 0.6 is 15.9 Å². The monoisotopic (exact) mass is 352 g/mol. The van der Waals surface area contributed by atoms with Gasteiger partial charge in [0.2, 0.25) is 5.91 Å². The van der Waals surface area contributed by atoms with Crippen LogP contribution in [0.2, 0.25) is 0 Å². The molecule has 5 nitrogen and oxygen atoms in total. The molecule has 1 saturated carbocycles. The smallest absolute Gasteiger partial charge is 0.335 e. The molecule has 1 unspecified atom stereocenters. The first kappa shape index (κ1) is 14.5. The zero-order chi connectivity index (χ0) is 15.0. The second-order valence-electron chi connectivity index (χ2n) is 5.86. The Morgan fingerprint density at radius 3 is 2.71 bits per heavy atom. The highest BCUT2D eigenvalue weighted by molar-refractivity contribution is 9.10. The number of hydrogen-bond donors (Lipinski definition) is 3. The molecule has 6 heteroatoms. The Balaban J connectivity index is 1.71. The summed E-state index contributed by atoms with van der Waals surface area (Å²) in [7, 11) is 0. The second kappa shape index (κ2) is 5.42. The van der Waals surface area contributed by atoms with Crippen LogP contribution in [0.3, 0.4) is 0 Å². The normalized spacial score (nSPS) is 22.8. The highest BCUT2D eigenvalue weighted by Gasteiger charge is 2.57. The highest BCUT2D eigenvalue weighted by Crippen LogP contribution is 2.58. The Morgan fingerprint density at radius 1 is 1.33 bits per heavy atom. The lowest BCUT2D eigenvalue weighted by Crippen LogP contribution is -2.31. The second-order valence-corrected chi connectivity index (χ2v) is 6.71. The minimum absolute atomic E-state index is 0.000128. The van der Waals surface area contributed by atoms with Crippen molar-refractivity contribution in [3.05, 3.63) is 28.2 Å². The number of aromatic carboxylic acids is 1. The Kier molecular flexibility index (Phi) is 3.75. The van der Waals surface area contributed by atoms with Crippen LogP contribution in [0.25, 0.3) is 0 Å². The Morgan fingerprint density at radius 2 is 2.05 bits per heavy atom. The fraction of sp³-hybridized carbons (Fsp3) is 0.467. The summed E-state index contributed by atoms with van der Waals surface area (Å²) in [6, 6.07) is 4.64. The van der Waals surface area contributed by atoms with E-state index in [-0.39, 0.29) is 22.8 Å². The van der Waals surface area contributed by atoms with Gasteiger partial charge in [0.1, 0.15) is 0 Å². The zero-order valence-corrected chi connectivity index (χ0v) is 13.1. The fourth-order valence-electron chi connectivity index (χ4n) is 3.17. The van der Waals surface area contributed by atoms with Crippen molar-refractivity contribution in [2.24, 2.45) is 11.3 Å². The third kappa shape index (κ3) is 2.82. The van der Waals surface area contributed by atoms with E-state index in [1.165, 1.54) is 12.1 Å². The van der Waals surface area contributed by atoms with E-state index in [1.807, 2.05) is 0 Å². The van der Waals surface area contributed by atoms with Crippen molar-refractivity contribution in [3.63, 3.8) is 0 Å². The molecule has 3 rings (SSSR count). The number of halogens is 1. The van der Waals surface area contributed by atoms with E-state index < -0.39 is 5.97 Å². The van der Waals surface area contributed by atoms with Gasteiger partial charge >= 0.3 is 5.97 Å². The van der Waals surface area contributed by atoms with Crippen molar-refractivity contribution >= 4 is 33.5 Å². The minimum atomic E-state index is -1.00. The van der Waals surface area contributed by atoms with Gasteiger partial charge in [-0.15, -0.1) is 0 Å². The van der Waals surface area contributed by atoms with E-state index in [0.29, 0.717) is 10.2 Å². The van der Waals surface area contributed by atoms with E-state index in [4.69, 9.17) is 5.11 Å². The number of benzene rings is 1. The number of amides is 1. The molecule has 1 heterocycles. The average Bonchev–Trinajstić information content (AvgIpc) is 3.15. The van der Waals surface area contributed by atoms with E-state index in [1.54, 1.807) is 6.07 Å². The summed E-state index contributed by atoms with van der Waals surface area (Å²) < 4.78 is 0.695. The van der Waals surface area contributed by atoms with Crippen molar-refractivity contribution in [3.8, 4) is 0 Å². The minimum Gasteiger partial charge on any atom is -0.478 e. The van der Waals surface area contributed by atoms with Gasteiger partial charge in [-0.3, -0.25) is 4.79 Å². The van der Waals surface area contributed by atoms with Crippen molar-refractivity contribution in [2.45, 2.75) is 19.3 Å². The quantitative estimate of drug-likeness (QED) is 0.780. The van der Waals surface area contributed by atoms with E-state index in [2.05, 4.69) is 26.6 Å². The van der Waals surface area contributed by atoms with Gasteiger partial charge in [-0.25, -0.2) is 4.79 Å². The van der Waals surface area contributed by atoms with Crippen LogP contribution in [0.1, 0.15) is 29.6 Å². The first-order chi connectivity index (χ1) is 10.0. The molecule has 1 aliphatic heterocycles. The van der Waals surface area contributed by atoms with Gasteiger partial charge in [-0.1, -0.05) is 0 Å². The molecule has 3 N–H and O–H groups in total. The molecule has 1 amide bonds. The van der Waals surface area contributed by atoms with E-state index in [9.17, 15) is 9.59 Å². The summed E-state index contributed by atoms with van der Waals surface area (Å²) in [5.74, 6) is -0.945. The van der Waals surface area contributed by atoms with Gasteiger partial charge in [0.05, 0.1) is 11.3 Å². The van der Waals surface area contributed by atoms with Crippen molar-refractivity contribution in [1.82, 2.24) is 5.32 Å². The topological polar surface area (TPSA) is 78.4 Å². The number of rotatable bonds is 3. The SMILES string of the molecule is O=C(O)c1ccc(Br)c(NC(=O)C2CC23CCNCC3)c1.